The minimum absolute atomic E-state index is 0.00294. The molecule has 4 rings (SSSR count). The quantitative estimate of drug-likeness (QED) is 0.789. The number of hydrogen-bond donors (Lipinski definition) is 2. The van der Waals surface area contributed by atoms with Crippen molar-refractivity contribution in [3.8, 4) is 0 Å². The number of piperidine rings is 2. The smallest absolute Gasteiger partial charge is 0.321 e. The van der Waals surface area contributed by atoms with Gasteiger partial charge in [-0.15, -0.1) is 0 Å². The number of carbonyl (C=O) groups excluding carboxylic acids is 3. The van der Waals surface area contributed by atoms with Gasteiger partial charge in [0.2, 0.25) is 5.91 Å². The van der Waals surface area contributed by atoms with Crippen LogP contribution in [0, 0.1) is 5.92 Å². The molecule has 2 fully saturated rings. The van der Waals surface area contributed by atoms with Crippen LogP contribution >= 0.6 is 0 Å². The summed E-state index contributed by atoms with van der Waals surface area (Å²) >= 11 is 0. The summed E-state index contributed by atoms with van der Waals surface area (Å²) in [5.41, 5.74) is 1.30. The zero-order valence-corrected chi connectivity index (χ0v) is 17.5. The first-order valence-corrected chi connectivity index (χ1v) is 10.8. The molecule has 2 N–H and O–H groups in total. The SMILES string of the molecule is O=C(NC1CCN(C(=O)c2ccoc2)CC1)[C@H]1CCCN(C(=O)Nc2ccccc2)C1. The summed E-state index contributed by atoms with van der Waals surface area (Å²) in [6.45, 7) is 2.27. The minimum Gasteiger partial charge on any atom is -0.472 e. The van der Waals surface area contributed by atoms with Crippen molar-refractivity contribution in [1.82, 2.24) is 15.1 Å². The molecule has 2 aromatic rings. The molecular formula is C23H28N4O4. The maximum absolute atomic E-state index is 12.8. The number of nitrogens with one attached hydrogen (secondary N) is 2. The largest absolute Gasteiger partial charge is 0.472 e. The van der Waals surface area contributed by atoms with Crippen LogP contribution in [0.5, 0.6) is 0 Å². The second-order valence-electron chi connectivity index (χ2n) is 8.17. The van der Waals surface area contributed by atoms with E-state index in [1.54, 1.807) is 15.9 Å². The summed E-state index contributed by atoms with van der Waals surface area (Å²) in [4.78, 5) is 41.3. The minimum atomic E-state index is -0.208. The van der Waals surface area contributed by atoms with E-state index in [0.29, 0.717) is 31.7 Å². The summed E-state index contributed by atoms with van der Waals surface area (Å²) in [5.74, 6) is -0.247. The third kappa shape index (κ3) is 5.25. The van der Waals surface area contributed by atoms with Gasteiger partial charge < -0.3 is 24.9 Å². The molecule has 164 valence electrons. The number of amides is 4. The Labute approximate surface area is 181 Å². The second kappa shape index (κ2) is 9.68. The summed E-state index contributed by atoms with van der Waals surface area (Å²) in [7, 11) is 0. The summed E-state index contributed by atoms with van der Waals surface area (Å²) in [6.07, 6.45) is 5.98. The highest BCUT2D eigenvalue weighted by molar-refractivity contribution is 5.94. The Morgan fingerprint density at radius 2 is 1.71 bits per heavy atom. The molecule has 1 atom stereocenters. The molecule has 0 aliphatic carbocycles. The van der Waals surface area contributed by atoms with Crippen molar-refractivity contribution in [3.05, 3.63) is 54.5 Å². The highest BCUT2D eigenvalue weighted by atomic mass is 16.3. The highest BCUT2D eigenvalue weighted by Gasteiger charge is 2.31. The van der Waals surface area contributed by atoms with Crippen molar-refractivity contribution in [2.75, 3.05) is 31.5 Å². The molecule has 0 unspecified atom stereocenters. The fourth-order valence-electron chi connectivity index (χ4n) is 4.21. The topological polar surface area (TPSA) is 94.9 Å². The fourth-order valence-corrected chi connectivity index (χ4v) is 4.21. The number of furan rings is 1. The Morgan fingerprint density at radius 1 is 0.935 bits per heavy atom. The van der Waals surface area contributed by atoms with E-state index in [0.717, 1.165) is 31.4 Å². The zero-order chi connectivity index (χ0) is 21.6. The summed E-state index contributed by atoms with van der Waals surface area (Å²) in [6, 6.07) is 10.9. The van der Waals surface area contributed by atoms with Gasteiger partial charge in [-0.05, 0) is 43.9 Å². The van der Waals surface area contributed by atoms with E-state index in [-0.39, 0.29) is 29.8 Å². The van der Waals surface area contributed by atoms with Crippen LogP contribution in [0.25, 0.3) is 0 Å². The first-order chi connectivity index (χ1) is 15.1. The van der Waals surface area contributed by atoms with Crippen LogP contribution in [0.3, 0.4) is 0 Å². The molecule has 1 aromatic carbocycles. The van der Waals surface area contributed by atoms with E-state index in [4.69, 9.17) is 4.42 Å². The van der Waals surface area contributed by atoms with Gasteiger partial charge in [-0.2, -0.15) is 0 Å². The maximum atomic E-state index is 12.8. The van der Waals surface area contributed by atoms with Crippen LogP contribution in [0.15, 0.2) is 53.3 Å². The van der Waals surface area contributed by atoms with E-state index in [9.17, 15) is 14.4 Å². The van der Waals surface area contributed by atoms with Crippen molar-refractivity contribution in [3.63, 3.8) is 0 Å². The molecule has 8 nitrogen and oxygen atoms in total. The predicted molar refractivity (Wildman–Crippen MR) is 116 cm³/mol. The Balaban J connectivity index is 1.24. The molecule has 1 aromatic heterocycles. The lowest BCUT2D eigenvalue weighted by molar-refractivity contribution is -0.127. The molecular weight excluding hydrogens is 396 g/mol. The van der Waals surface area contributed by atoms with Crippen LogP contribution < -0.4 is 10.6 Å². The number of benzene rings is 1. The monoisotopic (exact) mass is 424 g/mol. The molecule has 3 heterocycles. The summed E-state index contributed by atoms with van der Waals surface area (Å²) in [5, 5.41) is 6.03. The Bertz CT molecular complexity index is 892. The molecule has 0 radical (unpaired) electrons. The third-order valence-electron chi connectivity index (χ3n) is 6.00. The molecule has 4 amide bonds. The van der Waals surface area contributed by atoms with Gasteiger partial charge in [0.05, 0.1) is 17.7 Å². The predicted octanol–water partition coefficient (Wildman–Crippen LogP) is 2.94. The number of rotatable bonds is 4. The standard InChI is InChI=1S/C23H28N4O4/c28-21(24-20-8-12-26(13-9-20)22(29)18-10-14-31-16-18)17-5-4-11-27(15-17)23(30)25-19-6-2-1-3-7-19/h1-3,6-7,10,14,16-17,20H,4-5,8-9,11-13,15H2,(H,24,28)(H,25,30)/t17-/m0/s1. The normalized spacial score (nSPS) is 19.7. The highest BCUT2D eigenvalue weighted by Crippen LogP contribution is 2.20. The fraction of sp³-hybridized carbons (Fsp3) is 0.435. The molecule has 31 heavy (non-hydrogen) atoms. The number of anilines is 1. The Hall–Kier alpha value is -3.29. The van der Waals surface area contributed by atoms with Gasteiger partial charge in [-0.1, -0.05) is 18.2 Å². The van der Waals surface area contributed by atoms with Crippen molar-refractivity contribution < 1.29 is 18.8 Å². The lowest BCUT2D eigenvalue weighted by atomic mass is 9.96. The number of urea groups is 1. The van der Waals surface area contributed by atoms with E-state index in [1.165, 1.54) is 12.5 Å². The lowest BCUT2D eigenvalue weighted by Gasteiger charge is -2.35. The van der Waals surface area contributed by atoms with Gasteiger partial charge in [0, 0.05) is 37.9 Å². The van der Waals surface area contributed by atoms with E-state index >= 15 is 0 Å². The van der Waals surface area contributed by atoms with Crippen LogP contribution in [-0.4, -0.2) is 59.9 Å². The Morgan fingerprint density at radius 3 is 2.42 bits per heavy atom. The average Bonchev–Trinajstić information content (AvgIpc) is 3.35. The molecule has 0 bridgehead atoms. The van der Waals surface area contributed by atoms with Crippen molar-refractivity contribution in [2.24, 2.45) is 5.92 Å². The number of para-hydroxylation sites is 1. The van der Waals surface area contributed by atoms with Gasteiger partial charge >= 0.3 is 6.03 Å². The first-order valence-electron chi connectivity index (χ1n) is 10.8. The van der Waals surface area contributed by atoms with Gasteiger partial charge in [0.25, 0.3) is 5.91 Å². The van der Waals surface area contributed by atoms with Crippen LogP contribution in [0.2, 0.25) is 0 Å². The number of likely N-dealkylation sites (tertiary alicyclic amines) is 2. The molecule has 0 saturated carbocycles. The van der Waals surface area contributed by atoms with Gasteiger partial charge in [0.1, 0.15) is 6.26 Å². The van der Waals surface area contributed by atoms with Gasteiger partial charge in [-0.25, -0.2) is 4.79 Å². The number of nitrogens with zero attached hydrogens (tertiary/aromatic N) is 2. The summed E-state index contributed by atoms with van der Waals surface area (Å²) < 4.78 is 4.99. The van der Waals surface area contributed by atoms with Gasteiger partial charge in [-0.3, -0.25) is 9.59 Å². The second-order valence-corrected chi connectivity index (χ2v) is 8.17. The maximum Gasteiger partial charge on any atom is 0.321 e. The number of hydrogen-bond acceptors (Lipinski definition) is 4. The zero-order valence-electron chi connectivity index (χ0n) is 17.5. The first kappa shape index (κ1) is 21.0. The van der Waals surface area contributed by atoms with E-state index < -0.39 is 0 Å². The lowest BCUT2D eigenvalue weighted by Crippen LogP contribution is -2.51. The average molecular weight is 425 g/mol. The third-order valence-corrected chi connectivity index (χ3v) is 6.00. The molecule has 8 heteroatoms. The van der Waals surface area contributed by atoms with Gasteiger partial charge in [0.15, 0.2) is 0 Å². The van der Waals surface area contributed by atoms with Crippen molar-refractivity contribution in [1.29, 1.82) is 0 Å². The van der Waals surface area contributed by atoms with Crippen LogP contribution in [-0.2, 0) is 4.79 Å². The van der Waals surface area contributed by atoms with E-state index in [1.807, 2.05) is 30.3 Å². The van der Waals surface area contributed by atoms with Crippen LogP contribution in [0.4, 0.5) is 10.5 Å². The number of carbonyl (C=O) groups is 3. The molecule has 2 aliphatic heterocycles. The van der Waals surface area contributed by atoms with Crippen molar-refractivity contribution in [2.45, 2.75) is 31.7 Å². The van der Waals surface area contributed by atoms with Crippen molar-refractivity contribution >= 4 is 23.5 Å². The van der Waals surface area contributed by atoms with E-state index in [2.05, 4.69) is 10.6 Å². The molecule has 2 saturated heterocycles. The Kier molecular flexibility index (Phi) is 6.54. The molecule has 0 spiro atoms. The molecule has 2 aliphatic rings. The van der Waals surface area contributed by atoms with Crippen LogP contribution in [0.1, 0.15) is 36.0 Å².